The fourth-order valence-electron chi connectivity index (χ4n) is 2.50. The summed E-state index contributed by atoms with van der Waals surface area (Å²) in [7, 11) is 1.82. The van der Waals surface area contributed by atoms with E-state index in [0.29, 0.717) is 18.9 Å². The van der Waals surface area contributed by atoms with Crippen molar-refractivity contribution in [3.05, 3.63) is 29.8 Å². The Morgan fingerprint density at radius 1 is 1.40 bits per heavy atom. The van der Waals surface area contributed by atoms with Crippen LogP contribution in [0.15, 0.2) is 24.3 Å². The molecule has 4 nitrogen and oxygen atoms in total. The van der Waals surface area contributed by atoms with E-state index in [0.717, 1.165) is 30.7 Å². The molecule has 110 valence electrons. The first-order valence-corrected chi connectivity index (χ1v) is 7.16. The lowest BCUT2D eigenvalue weighted by Crippen LogP contribution is -2.39. The summed E-state index contributed by atoms with van der Waals surface area (Å²) in [5.74, 6) is 1.39. The maximum absolute atomic E-state index is 12.0. The Balaban J connectivity index is 1.68. The summed E-state index contributed by atoms with van der Waals surface area (Å²) >= 11 is 0. The van der Waals surface area contributed by atoms with Crippen molar-refractivity contribution in [3.8, 4) is 5.75 Å². The number of aryl methyl sites for hydroxylation is 1. The van der Waals surface area contributed by atoms with Crippen molar-refractivity contribution in [2.24, 2.45) is 5.92 Å². The van der Waals surface area contributed by atoms with Crippen LogP contribution in [0, 0.1) is 12.8 Å². The van der Waals surface area contributed by atoms with Crippen LogP contribution in [0.25, 0.3) is 0 Å². The molecular formula is C16H23NO3. The number of aliphatic hydroxyl groups is 1. The molecule has 1 aliphatic rings. The van der Waals surface area contributed by atoms with Gasteiger partial charge in [0.15, 0.2) is 0 Å². The molecule has 0 radical (unpaired) electrons. The van der Waals surface area contributed by atoms with Crippen molar-refractivity contribution < 1.29 is 14.6 Å². The van der Waals surface area contributed by atoms with E-state index in [1.54, 1.807) is 4.90 Å². The third-order valence-corrected chi connectivity index (χ3v) is 3.84. The van der Waals surface area contributed by atoms with Crippen LogP contribution in [0.1, 0.15) is 24.8 Å². The Morgan fingerprint density at radius 2 is 2.10 bits per heavy atom. The fourth-order valence-corrected chi connectivity index (χ4v) is 2.50. The van der Waals surface area contributed by atoms with Gasteiger partial charge in [0.05, 0.1) is 19.1 Å². The average Bonchev–Trinajstić information content (AvgIpc) is 2.39. The number of carbonyl (C=O) groups is 1. The zero-order valence-electron chi connectivity index (χ0n) is 12.2. The average molecular weight is 277 g/mol. The zero-order valence-corrected chi connectivity index (χ0v) is 12.2. The number of hydrogen-bond acceptors (Lipinski definition) is 3. The maximum Gasteiger partial charge on any atom is 0.225 e. The second-order valence-electron chi connectivity index (χ2n) is 5.63. The lowest BCUT2D eigenvalue weighted by Gasteiger charge is -2.34. The molecule has 2 rings (SSSR count). The van der Waals surface area contributed by atoms with Crippen molar-refractivity contribution in [2.75, 3.05) is 20.2 Å². The molecule has 0 bridgehead atoms. The first-order valence-electron chi connectivity index (χ1n) is 7.16. The largest absolute Gasteiger partial charge is 0.493 e. The van der Waals surface area contributed by atoms with Gasteiger partial charge < -0.3 is 14.7 Å². The highest BCUT2D eigenvalue weighted by atomic mass is 16.5. The van der Waals surface area contributed by atoms with E-state index in [1.165, 1.54) is 0 Å². The molecule has 20 heavy (non-hydrogen) atoms. The molecule has 1 saturated carbocycles. The molecule has 1 aromatic carbocycles. The van der Waals surface area contributed by atoms with Crippen LogP contribution in [0.2, 0.25) is 0 Å². The van der Waals surface area contributed by atoms with E-state index in [2.05, 4.69) is 0 Å². The Kier molecular flexibility index (Phi) is 5.01. The van der Waals surface area contributed by atoms with Gasteiger partial charge in [-0.1, -0.05) is 18.2 Å². The zero-order chi connectivity index (χ0) is 14.5. The van der Waals surface area contributed by atoms with E-state index in [-0.39, 0.29) is 12.0 Å². The molecule has 0 heterocycles. The first kappa shape index (κ1) is 14.9. The first-order chi connectivity index (χ1) is 9.56. The van der Waals surface area contributed by atoms with Crippen molar-refractivity contribution in [3.63, 3.8) is 0 Å². The predicted molar refractivity (Wildman–Crippen MR) is 77.7 cm³/mol. The monoisotopic (exact) mass is 277 g/mol. The molecule has 0 aliphatic heterocycles. The van der Waals surface area contributed by atoms with Crippen molar-refractivity contribution >= 4 is 5.91 Å². The minimum atomic E-state index is -0.159. The van der Waals surface area contributed by atoms with Gasteiger partial charge in [-0.15, -0.1) is 0 Å². The van der Waals surface area contributed by atoms with Crippen LogP contribution in [-0.2, 0) is 4.79 Å². The Bertz CT molecular complexity index is 455. The van der Waals surface area contributed by atoms with Crippen LogP contribution < -0.4 is 4.74 Å². The number of hydrogen-bond donors (Lipinski definition) is 1. The summed E-state index contributed by atoms with van der Waals surface area (Å²) in [5.41, 5.74) is 1.08. The minimum Gasteiger partial charge on any atom is -0.493 e. The summed E-state index contributed by atoms with van der Waals surface area (Å²) in [6.07, 6.45) is 1.86. The second kappa shape index (κ2) is 6.75. The van der Waals surface area contributed by atoms with E-state index in [4.69, 9.17) is 4.74 Å². The molecule has 0 atom stereocenters. The summed E-state index contributed by atoms with van der Waals surface area (Å²) in [6, 6.07) is 7.80. The van der Waals surface area contributed by atoms with Gasteiger partial charge in [0.25, 0.3) is 0 Å². The highest BCUT2D eigenvalue weighted by Crippen LogP contribution is 2.27. The van der Waals surface area contributed by atoms with Gasteiger partial charge >= 0.3 is 0 Å². The highest BCUT2D eigenvalue weighted by molar-refractivity contribution is 5.76. The van der Waals surface area contributed by atoms with Crippen LogP contribution in [-0.4, -0.2) is 42.2 Å². The number of aliphatic hydroxyl groups excluding tert-OH is 1. The molecular weight excluding hydrogens is 254 g/mol. The molecule has 1 aromatic rings. The number of para-hydroxylation sites is 1. The Labute approximate surface area is 120 Å². The highest BCUT2D eigenvalue weighted by Gasteiger charge is 2.28. The normalized spacial score (nSPS) is 21.1. The van der Waals surface area contributed by atoms with E-state index >= 15 is 0 Å². The number of rotatable bonds is 6. The van der Waals surface area contributed by atoms with E-state index in [9.17, 15) is 9.90 Å². The molecule has 1 amide bonds. The van der Waals surface area contributed by atoms with E-state index < -0.39 is 0 Å². The minimum absolute atomic E-state index is 0.0972. The third-order valence-electron chi connectivity index (χ3n) is 3.84. The smallest absolute Gasteiger partial charge is 0.225 e. The van der Waals surface area contributed by atoms with Crippen molar-refractivity contribution in [2.45, 2.75) is 32.3 Å². The van der Waals surface area contributed by atoms with Crippen LogP contribution in [0.4, 0.5) is 0 Å². The number of amides is 1. The number of benzene rings is 1. The Hall–Kier alpha value is -1.55. The summed E-state index contributed by atoms with van der Waals surface area (Å²) < 4.78 is 5.63. The van der Waals surface area contributed by atoms with Crippen LogP contribution >= 0.6 is 0 Å². The number of carbonyl (C=O) groups excluding carboxylic acids is 1. The lowest BCUT2D eigenvalue weighted by molar-refractivity contribution is -0.132. The molecule has 4 heteroatoms. The second-order valence-corrected chi connectivity index (χ2v) is 5.63. The molecule has 0 unspecified atom stereocenters. The molecule has 0 aromatic heterocycles. The Morgan fingerprint density at radius 3 is 2.75 bits per heavy atom. The summed E-state index contributed by atoms with van der Waals surface area (Å²) in [6.45, 7) is 3.13. The maximum atomic E-state index is 12.0. The molecule has 0 saturated heterocycles. The molecule has 1 fully saturated rings. The quantitative estimate of drug-likeness (QED) is 0.865. The molecule has 1 N–H and O–H groups in total. The van der Waals surface area contributed by atoms with Gasteiger partial charge in [-0.25, -0.2) is 0 Å². The van der Waals surface area contributed by atoms with Gasteiger partial charge in [0.2, 0.25) is 5.91 Å². The standard InChI is InChI=1S/C16H23NO3/c1-12-5-3-4-6-15(12)20-8-7-16(19)17(2)11-13-9-14(18)10-13/h3-6,13-14,18H,7-11H2,1-2H3. The van der Waals surface area contributed by atoms with Gasteiger partial charge in [0, 0.05) is 13.6 Å². The molecule has 1 aliphatic carbocycles. The van der Waals surface area contributed by atoms with Crippen molar-refractivity contribution in [1.82, 2.24) is 4.90 Å². The van der Waals surface area contributed by atoms with Crippen LogP contribution in [0.5, 0.6) is 5.75 Å². The van der Waals surface area contributed by atoms with Gasteiger partial charge in [-0.05, 0) is 37.3 Å². The topological polar surface area (TPSA) is 49.8 Å². The SMILES string of the molecule is Cc1ccccc1OCCC(=O)N(C)CC1CC(O)C1. The summed E-state index contributed by atoms with van der Waals surface area (Å²) in [5, 5.41) is 9.24. The van der Waals surface area contributed by atoms with E-state index in [1.807, 2.05) is 38.2 Å². The number of ether oxygens (including phenoxy) is 1. The van der Waals surface area contributed by atoms with Gasteiger partial charge in [-0.3, -0.25) is 4.79 Å². The third kappa shape index (κ3) is 3.97. The number of nitrogens with zero attached hydrogens (tertiary/aromatic N) is 1. The summed E-state index contributed by atoms with van der Waals surface area (Å²) in [4.78, 5) is 13.7. The van der Waals surface area contributed by atoms with Gasteiger partial charge in [-0.2, -0.15) is 0 Å². The van der Waals surface area contributed by atoms with Crippen LogP contribution in [0.3, 0.4) is 0 Å². The predicted octanol–water partition coefficient (Wildman–Crippen LogP) is 1.99. The van der Waals surface area contributed by atoms with Gasteiger partial charge in [0.1, 0.15) is 5.75 Å². The van der Waals surface area contributed by atoms with Crippen molar-refractivity contribution in [1.29, 1.82) is 0 Å². The fraction of sp³-hybridized carbons (Fsp3) is 0.562. The lowest BCUT2D eigenvalue weighted by atomic mass is 9.82. The molecule has 0 spiro atoms.